The molecule has 1 fully saturated rings. The minimum absolute atomic E-state index is 0.0982. The van der Waals surface area contributed by atoms with Gasteiger partial charge in [-0.15, -0.1) is 0 Å². The molecule has 6 heteroatoms. The Morgan fingerprint density at radius 3 is 3.16 bits per heavy atom. The second-order valence-corrected chi connectivity index (χ2v) is 6.34. The van der Waals surface area contributed by atoms with E-state index < -0.39 is 0 Å². The molecule has 2 aromatic rings. The first-order valence-corrected chi connectivity index (χ1v) is 8.52. The van der Waals surface area contributed by atoms with E-state index in [4.69, 9.17) is 10.00 Å². The summed E-state index contributed by atoms with van der Waals surface area (Å²) in [5, 5.41) is 11.8. The van der Waals surface area contributed by atoms with Gasteiger partial charge in [-0.1, -0.05) is 12.1 Å². The van der Waals surface area contributed by atoms with Gasteiger partial charge in [0.2, 0.25) is 0 Å². The quantitative estimate of drug-likeness (QED) is 0.908. The largest absolute Gasteiger partial charge is 0.370 e. The molecule has 130 valence electrons. The molecule has 1 aromatic carbocycles. The molecule has 0 unspecified atom stereocenters. The third-order valence-electron chi connectivity index (χ3n) is 4.55. The molecule has 25 heavy (non-hydrogen) atoms. The van der Waals surface area contributed by atoms with Crippen LogP contribution in [0.1, 0.15) is 40.7 Å². The molecule has 0 radical (unpaired) electrons. The molecule has 1 amide bonds. The van der Waals surface area contributed by atoms with Crippen LogP contribution in [0.15, 0.2) is 36.7 Å². The van der Waals surface area contributed by atoms with Crippen LogP contribution in [-0.4, -0.2) is 28.6 Å². The second-order valence-electron chi connectivity index (χ2n) is 6.34. The zero-order chi connectivity index (χ0) is 17.6. The van der Waals surface area contributed by atoms with Crippen LogP contribution in [0.25, 0.3) is 0 Å². The number of imidazole rings is 1. The summed E-state index contributed by atoms with van der Waals surface area (Å²) in [6.07, 6.45) is 5.86. The Morgan fingerprint density at radius 2 is 2.40 bits per heavy atom. The van der Waals surface area contributed by atoms with E-state index in [2.05, 4.69) is 16.4 Å². The zero-order valence-corrected chi connectivity index (χ0v) is 14.3. The van der Waals surface area contributed by atoms with Crippen LogP contribution in [0.3, 0.4) is 0 Å². The minimum atomic E-state index is -0.121. The fraction of sp³-hybridized carbons (Fsp3) is 0.421. The lowest BCUT2D eigenvalue weighted by atomic mass is 9.93. The van der Waals surface area contributed by atoms with Crippen molar-refractivity contribution in [1.82, 2.24) is 14.9 Å². The van der Waals surface area contributed by atoms with E-state index in [9.17, 15) is 4.79 Å². The van der Waals surface area contributed by atoms with Crippen molar-refractivity contribution in [2.45, 2.75) is 25.4 Å². The second kappa shape index (κ2) is 7.95. The van der Waals surface area contributed by atoms with E-state index in [1.54, 1.807) is 18.3 Å². The van der Waals surface area contributed by atoms with Crippen molar-refractivity contribution in [3.63, 3.8) is 0 Å². The highest BCUT2D eigenvalue weighted by Crippen LogP contribution is 2.32. The lowest BCUT2D eigenvalue weighted by Gasteiger charge is -2.31. The van der Waals surface area contributed by atoms with E-state index in [-0.39, 0.29) is 17.9 Å². The fourth-order valence-corrected chi connectivity index (χ4v) is 3.23. The van der Waals surface area contributed by atoms with Crippen LogP contribution in [0.2, 0.25) is 0 Å². The molecule has 1 aliphatic heterocycles. The third kappa shape index (κ3) is 4.06. The van der Waals surface area contributed by atoms with Crippen LogP contribution in [0, 0.1) is 17.2 Å². The van der Waals surface area contributed by atoms with Crippen molar-refractivity contribution < 1.29 is 9.53 Å². The molecule has 2 heterocycles. The molecule has 6 nitrogen and oxygen atoms in total. The number of nitrogens with one attached hydrogen (secondary N) is 1. The van der Waals surface area contributed by atoms with Gasteiger partial charge >= 0.3 is 0 Å². The molecule has 3 rings (SSSR count). The Bertz CT molecular complexity index is 778. The summed E-state index contributed by atoms with van der Waals surface area (Å²) in [6, 6.07) is 9.30. The molecule has 1 saturated heterocycles. The molecule has 1 N–H and O–H groups in total. The SMILES string of the molecule is Cn1ccnc1[C@@H]1OCCC[C@H]1CNC(=O)c1cccc(CC#N)c1. The molecule has 2 atom stereocenters. The van der Waals surface area contributed by atoms with Gasteiger partial charge in [-0.2, -0.15) is 5.26 Å². The Labute approximate surface area is 147 Å². The van der Waals surface area contributed by atoms with E-state index >= 15 is 0 Å². The normalized spacial score (nSPS) is 20.0. The predicted octanol–water partition coefficient (Wildman–Crippen LogP) is 2.38. The molecule has 0 saturated carbocycles. The maximum absolute atomic E-state index is 12.4. The molecule has 0 spiro atoms. The molecular formula is C19H22N4O2. The summed E-state index contributed by atoms with van der Waals surface area (Å²) in [5.41, 5.74) is 1.43. The molecule has 0 aliphatic carbocycles. The van der Waals surface area contributed by atoms with Gasteiger partial charge in [-0.05, 0) is 30.5 Å². The number of benzene rings is 1. The Kier molecular flexibility index (Phi) is 5.46. The number of nitrogens with zero attached hydrogens (tertiary/aromatic N) is 3. The van der Waals surface area contributed by atoms with Gasteiger partial charge in [-0.3, -0.25) is 4.79 Å². The Hall–Kier alpha value is -2.65. The van der Waals surface area contributed by atoms with Crippen molar-refractivity contribution >= 4 is 5.91 Å². The van der Waals surface area contributed by atoms with E-state index in [0.717, 1.165) is 30.8 Å². The van der Waals surface area contributed by atoms with Crippen molar-refractivity contribution in [2.24, 2.45) is 13.0 Å². The summed E-state index contributed by atoms with van der Waals surface area (Å²) < 4.78 is 7.90. The summed E-state index contributed by atoms with van der Waals surface area (Å²) in [4.78, 5) is 16.8. The van der Waals surface area contributed by atoms with Gasteiger partial charge in [0.25, 0.3) is 5.91 Å². The highest BCUT2D eigenvalue weighted by atomic mass is 16.5. The maximum Gasteiger partial charge on any atom is 0.251 e. The standard InChI is InChI=1S/C19H22N4O2/c1-23-10-9-21-18(23)17-16(6-3-11-25-17)13-22-19(24)15-5-2-4-14(12-15)7-8-20/h2,4-5,9-10,12,16-17H,3,6-7,11,13H2,1H3,(H,22,24)/t16-,17+/m0/s1. The smallest absolute Gasteiger partial charge is 0.251 e. The van der Waals surface area contributed by atoms with E-state index in [1.165, 1.54) is 0 Å². The Morgan fingerprint density at radius 1 is 1.52 bits per heavy atom. The van der Waals surface area contributed by atoms with Gasteiger partial charge in [0.15, 0.2) is 0 Å². The van der Waals surface area contributed by atoms with Crippen molar-refractivity contribution in [2.75, 3.05) is 13.2 Å². The van der Waals surface area contributed by atoms with E-state index in [0.29, 0.717) is 18.5 Å². The topological polar surface area (TPSA) is 79.9 Å². The maximum atomic E-state index is 12.4. The molecule has 1 aromatic heterocycles. The number of aryl methyl sites for hydroxylation is 1. The number of rotatable bonds is 5. The third-order valence-corrected chi connectivity index (χ3v) is 4.55. The Balaban J connectivity index is 1.65. The fourth-order valence-electron chi connectivity index (χ4n) is 3.23. The number of ether oxygens (including phenoxy) is 1. The summed E-state index contributed by atoms with van der Waals surface area (Å²) in [6.45, 7) is 1.26. The lowest BCUT2D eigenvalue weighted by molar-refractivity contribution is -0.0337. The monoisotopic (exact) mass is 338 g/mol. The van der Waals surface area contributed by atoms with Crippen molar-refractivity contribution in [1.29, 1.82) is 5.26 Å². The number of amides is 1. The van der Waals surface area contributed by atoms with Crippen LogP contribution >= 0.6 is 0 Å². The van der Waals surface area contributed by atoms with Gasteiger partial charge in [-0.25, -0.2) is 4.98 Å². The molecular weight excluding hydrogens is 316 g/mol. The summed E-state index contributed by atoms with van der Waals surface area (Å²) in [7, 11) is 1.95. The summed E-state index contributed by atoms with van der Waals surface area (Å²) >= 11 is 0. The number of hydrogen-bond acceptors (Lipinski definition) is 4. The van der Waals surface area contributed by atoms with Crippen LogP contribution in [0.4, 0.5) is 0 Å². The predicted molar refractivity (Wildman–Crippen MR) is 92.7 cm³/mol. The molecule has 0 bridgehead atoms. The van der Waals surface area contributed by atoms with Crippen LogP contribution < -0.4 is 5.32 Å². The average molecular weight is 338 g/mol. The highest BCUT2D eigenvalue weighted by molar-refractivity contribution is 5.94. The van der Waals surface area contributed by atoms with Gasteiger partial charge < -0.3 is 14.6 Å². The minimum Gasteiger partial charge on any atom is -0.370 e. The van der Waals surface area contributed by atoms with Crippen molar-refractivity contribution in [3.8, 4) is 6.07 Å². The van der Waals surface area contributed by atoms with Crippen LogP contribution in [-0.2, 0) is 18.2 Å². The van der Waals surface area contributed by atoms with Gasteiger partial charge in [0.1, 0.15) is 11.9 Å². The summed E-state index contributed by atoms with van der Waals surface area (Å²) in [5.74, 6) is 0.972. The van der Waals surface area contributed by atoms with Gasteiger partial charge in [0, 0.05) is 44.1 Å². The number of nitriles is 1. The van der Waals surface area contributed by atoms with Gasteiger partial charge in [0.05, 0.1) is 12.5 Å². The first-order valence-electron chi connectivity index (χ1n) is 8.52. The first-order chi connectivity index (χ1) is 12.2. The highest BCUT2D eigenvalue weighted by Gasteiger charge is 2.30. The lowest BCUT2D eigenvalue weighted by Crippen LogP contribution is -2.36. The number of carbonyl (C=O) groups is 1. The van der Waals surface area contributed by atoms with Crippen LogP contribution in [0.5, 0.6) is 0 Å². The molecule has 1 aliphatic rings. The first kappa shape index (κ1) is 17.2. The zero-order valence-electron chi connectivity index (χ0n) is 14.3. The van der Waals surface area contributed by atoms with Crippen molar-refractivity contribution in [3.05, 3.63) is 53.6 Å². The number of aromatic nitrogens is 2. The van der Waals surface area contributed by atoms with E-state index in [1.807, 2.05) is 29.9 Å². The number of carbonyl (C=O) groups excluding carboxylic acids is 1. The average Bonchev–Trinajstić information content (AvgIpc) is 3.06. The number of hydrogen-bond donors (Lipinski definition) is 1.